The fourth-order valence-electron chi connectivity index (χ4n) is 1.81. The summed E-state index contributed by atoms with van der Waals surface area (Å²) >= 11 is 0. The molecule has 3 N–H and O–H groups in total. The summed E-state index contributed by atoms with van der Waals surface area (Å²) in [4.78, 5) is 10.6. The number of H-pyrrole nitrogens is 1. The van der Waals surface area contributed by atoms with Crippen LogP contribution in [0.2, 0.25) is 0 Å². The van der Waals surface area contributed by atoms with Gasteiger partial charge in [-0.3, -0.25) is 5.10 Å². The van der Waals surface area contributed by atoms with E-state index in [0.29, 0.717) is 0 Å². The summed E-state index contributed by atoms with van der Waals surface area (Å²) in [5.74, 6) is -1.39. The Morgan fingerprint density at radius 1 is 1.55 bits per heavy atom. The molecule has 2 rings (SSSR count). The SMILES string of the molecule is Cc1[nH]nc(C(=O)O)c1S(=O)(=O)NCc1ccn(C)c1. The molecule has 0 amide bonds. The third kappa shape index (κ3) is 2.73. The summed E-state index contributed by atoms with van der Waals surface area (Å²) in [6.07, 6.45) is 3.55. The van der Waals surface area contributed by atoms with Crippen LogP contribution in [0.4, 0.5) is 0 Å². The molecule has 0 aliphatic rings. The lowest BCUT2D eigenvalue weighted by Crippen LogP contribution is -2.25. The number of hydrogen-bond acceptors (Lipinski definition) is 4. The summed E-state index contributed by atoms with van der Waals surface area (Å²) in [7, 11) is -2.13. The van der Waals surface area contributed by atoms with Crippen molar-refractivity contribution in [2.24, 2.45) is 7.05 Å². The average Bonchev–Trinajstić information content (AvgIpc) is 2.93. The molecule has 0 aliphatic carbocycles. The van der Waals surface area contributed by atoms with E-state index >= 15 is 0 Å². The molecule has 0 aliphatic heterocycles. The largest absolute Gasteiger partial charge is 0.476 e. The van der Waals surface area contributed by atoms with Gasteiger partial charge in [0.25, 0.3) is 0 Å². The lowest BCUT2D eigenvalue weighted by atomic mass is 10.3. The smallest absolute Gasteiger partial charge is 0.357 e. The van der Waals surface area contributed by atoms with Crippen LogP contribution in [0.5, 0.6) is 0 Å². The van der Waals surface area contributed by atoms with E-state index in [0.717, 1.165) is 5.56 Å². The fourth-order valence-corrected chi connectivity index (χ4v) is 3.15. The highest BCUT2D eigenvalue weighted by molar-refractivity contribution is 7.89. The van der Waals surface area contributed by atoms with Gasteiger partial charge in [-0.15, -0.1) is 0 Å². The van der Waals surface area contributed by atoms with Gasteiger partial charge in [0.1, 0.15) is 4.90 Å². The summed E-state index contributed by atoms with van der Waals surface area (Å²) < 4.78 is 28.5. The van der Waals surface area contributed by atoms with Crippen molar-refractivity contribution in [3.8, 4) is 0 Å². The van der Waals surface area contributed by atoms with Gasteiger partial charge in [0.2, 0.25) is 10.0 Å². The molecule has 0 spiro atoms. The zero-order valence-electron chi connectivity index (χ0n) is 10.9. The van der Waals surface area contributed by atoms with Crippen molar-refractivity contribution in [1.82, 2.24) is 19.5 Å². The Bertz CT molecular complexity index is 744. The highest BCUT2D eigenvalue weighted by Gasteiger charge is 2.27. The number of nitrogens with zero attached hydrogens (tertiary/aromatic N) is 2. The molecular weight excluding hydrogens is 284 g/mol. The molecule has 9 heteroatoms. The number of nitrogens with one attached hydrogen (secondary N) is 2. The first-order valence-electron chi connectivity index (χ1n) is 5.70. The van der Waals surface area contributed by atoms with Crippen molar-refractivity contribution in [2.45, 2.75) is 18.4 Å². The first-order chi connectivity index (χ1) is 9.31. The molecule has 0 atom stereocenters. The Balaban J connectivity index is 2.27. The molecule has 0 saturated heterocycles. The van der Waals surface area contributed by atoms with Gasteiger partial charge in [-0.25, -0.2) is 17.9 Å². The van der Waals surface area contributed by atoms with Gasteiger partial charge in [-0.2, -0.15) is 5.10 Å². The van der Waals surface area contributed by atoms with Gasteiger partial charge in [0.15, 0.2) is 5.69 Å². The summed E-state index contributed by atoms with van der Waals surface area (Å²) in [6.45, 7) is 1.53. The Hall–Kier alpha value is -2.13. The van der Waals surface area contributed by atoms with E-state index < -0.39 is 21.7 Å². The lowest BCUT2D eigenvalue weighted by molar-refractivity contribution is 0.0686. The number of hydrogen-bond donors (Lipinski definition) is 3. The molecule has 108 valence electrons. The van der Waals surface area contributed by atoms with Gasteiger partial charge >= 0.3 is 5.97 Å². The van der Waals surface area contributed by atoms with Gasteiger partial charge in [-0.1, -0.05) is 0 Å². The second-order valence-electron chi connectivity index (χ2n) is 4.34. The molecule has 20 heavy (non-hydrogen) atoms. The van der Waals surface area contributed by atoms with Gasteiger partial charge in [0.05, 0.1) is 5.69 Å². The predicted molar refractivity (Wildman–Crippen MR) is 69.7 cm³/mol. The Morgan fingerprint density at radius 3 is 2.80 bits per heavy atom. The molecule has 0 aromatic carbocycles. The Morgan fingerprint density at radius 2 is 2.25 bits per heavy atom. The first-order valence-corrected chi connectivity index (χ1v) is 7.18. The van der Waals surface area contributed by atoms with Crippen molar-refractivity contribution in [3.05, 3.63) is 35.4 Å². The Labute approximate surface area is 115 Å². The number of aromatic amines is 1. The normalized spacial score (nSPS) is 11.7. The van der Waals surface area contributed by atoms with E-state index in [1.165, 1.54) is 6.92 Å². The van der Waals surface area contributed by atoms with E-state index in [4.69, 9.17) is 5.11 Å². The maximum absolute atomic E-state index is 12.2. The average molecular weight is 298 g/mol. The molecule has 0 bridgehead atoms. The van der Waals surface area contributed by atoms with E-state index in [9.17, 15) is 13.2 Å². The number of carboxylic acid groups (broad SMARTS) is 1. The van der Waals surface area contributed by atoms with Gasteiger partial charge < -0.3 is 9.67 Å². The number of sulfonamides is 1. The number of aromatic carboxylic acids is 1. The molecule has 8 nitrogen and oxygen atoms in total. The molecule has 0 saturated carbocycles. The van der Waals surface area contributed by atoms with Crippen molar-refractivity contribution < 1.29 is 18.3 Å². The summed E-state index contributed by atoms with van der Waals surface area (Å²) in [5.41, 5.74) is 0.445. The van der Waals surface area contributed by atoms with E-state index in [2.05, 4.69) is 14.9 Å². The van der Waals surface area contributed by atoms with E-state index in [-0.39, 0.29) is 17.1 Å². The molecule has 2 aromatic heterocycles. The van der Waals surface area contributed by atoms with Crippen LogP contribution in [0.25, 0.3) is 0 Å². The van der Waals surface area contributed by atoms with Crippen molar-refractivity contribution >= 4 is 16.0 Å². The second-order valence-corrected chi connectivity index (χ2v) is 6.05. The second kappa shape index (κ2) is 5.10. The van der Waals surface area contributed by atoms with Crippen LogP contribution in [-0.4, -0.2) is 34.3 Å². The quantitative estimate of drug-likeness (QED) is 0.730. The monoisotopic (exact) mass is 298 g/mol. The third-order valence-electron chi connectivity index (χ3n) is 2.72. The molecule has 0 fully saturated rings. The minimum Gasteiger partial charge on any atom is -0.476 e. The van der Waals surface area contributed by atoms with Gasteiger partial charge in [0, 0.05) is 26.0 Å². The van der Waals surface area contributed by atoms with Crippen LogP contribution in [0.1, 0.15) is 21.7 Å². The summed E-state index contributed by atoms with van der Waals surface area (Å²) in [6, 6.07) is 1.77. The number of carbonyl (C=O) groups is 1. The molecular formula is C11H14N4O4S. The van der Waals surface area contributed by atoms with Gasteiger partial charge in [-0.05, 0) is 18.6 Å². The number of rotatable bonds is 5. The van der Waals surface area contributed by atoms with Crippen LogP contribution in [0.15, 0.2) is 23.4 Å². The highest BCUT2D eigenvalue weighted by atomic mass is 32.2. The van der Waals surface area contributed by atoms with Crippen LogP contribution in [-0.2, 0) is 23.6 Å². The fraction of sp³-hybridized carbons (Fsp3) is 0.273. The Kier molecular flexibility index (Phi) is 3.64. The van der Waals surface area contributed by atoms with E-state index in [1.54, 1.807) is 23.0 Å². The molecule has 0 radical (unpaired) electrons. The van der Waals surface area contributed by atoms with Crippen LogP contribution in [0.3, 0.4) is 0 Å². The third-order valence-corrected chi connectivity index (χ3v) is 4.28. The van der Waals surface area contributed by atoms with E-state index in [1.807, 2.05) is 7.05 Å². The highest BCUT2D eigenvalue weighted by Crippen LogP contribution is 2.17. The van der Waals surface area contributed by atoms with Crippen molar-refractivity contribution in [1.29, 1.82) is 0 Å². The van der Waals surface area contributed by atoms with Crippen LogP contribution < -0.4 is 4.72 Å². The lowest BCUT2D eigenvalue weighted by Gasteiger charge is -2.05. The molecule has 2 aromatic rings. The zero-order chi connectivity index (χ0) is 14.9. The van der Waals surface area contributed by atoms with Crippen LogP contribution >= 0.6 is 0 Å². The molecule has 0 unspecified atom stereocenters. The number of aryl methyl sites for hydroxylation is 2. The number of aromatic nitrogens is 3. The standard InChI is InChI=1S/C11H14N4O4S/c1-7-10(9(11(16)17)14-13-7)20(18,19)12-5-8-3-4-15(2)6-8/h3-4,6,12H,5H2,1-2H3,(H,13,14)(H,16,17). The minimum absolute atomic E-state index is 0.0762. The number of carboxylic acids is 1. The minimum atomic E-state index is -3.95. The van der Waals surface area contributed by atoms with Crippen molar-refractivity contribution in [3.63, 3.8) is 0 Å². The van der Waals surface area contributed by atoms with Crippen molar-refractivity contribution in [2.75, 3.05) is 0 Å². The maximum atomic E-state index is 12.2. The van der Waals surface area contributed by atoms with Crippen LogP contribution in [0, 0.1) is 6.92 Å². The topological polar surface area (TPSA) is 117 Å². The first kappa shape index (κ1) is 14.3. The predicted octanol–water partition coefficient (Wildman–Crippen LogP) is 0.233. The maximum Gasteiger partial charge on any atom is 0.357 e. The zero-order valence-corrected chi connectivity index (χ0v) is 11.7. The molecule has 2 heterocycles. The summed E-state index contributed by atoms with van der Waals surface area (Å²) in [5, 5.41) is 14.8.